The Morgan fingerprint density at radius 1 is 1.00 bits per heavy atom. The molecular formula is H7AlCa2O2. The Morgan fingerprint density at radius 2 is 1.00 bits per heavy atom. The molecule has 26 valence electrons. The van der Waals surface area contributed by atoms with Gasteiger partial charge in [0.15, 0.2) is 0 Å². The van der Waals surface area contributed by atoms with Crippen molar-refractivity contribution < 1.29 is 9.28 Å². The summed E-state index contributed by atoms with van der Waals surface area (Å²) in [7, 11) is 0. The van der Waals surface area contributed by atoms with E-state index in [0.29, 0.717) is 16.2 Å². The topological polar surface area (TPSA) is 48.6 Å². The van der Waals surface area contributed by atoms with Gasteiger partial charge in [0.2, 0.25) is 0 Å². The molecule has 0 amide bonds. The zero-order valence-corrected chi connectivity index (χ0v) is 3.03. The fourth-order valence-corrected chi connectivity index (χ4v) is 0. The van der Waals surface area contributed by atoms with Gasteiger partial charge >= 0.3 is 95.5 Å². The zero-order chi connectivity index (χ0) is 2.00. The van der Waals surface area contributed by atoms with Crippen molar-refractivity contribution in [1.82, 2.24) is 0 Å². The molecule has 0 aromatic rings. The third kappa shape index (κ3) is 19.9. The van der Waals surface area contributed by atoms with E-state index < -0.39 is 0 Å². The van der Waals surface area contributed by atoms with Crippen LogP contribution in [-0.4, -0.2) is 97.2 Å². The summed E-state index contributed by atoms with van der Waals surface area (Å²) in [6.45, 7) is 0. The standard InChI is InChI=1S/Al.2Ca.H2O.O.5H/h;;;1H2;;;;;;. The molecule has 0 unspecified atom stereocenters. The van der Waals surface area contributed by atoms with Crippen molar-refractivity contribution in [1.29, 1.82) is 0 Å². The van der Waals surface area contributed by atoms with Gasteiger partial charge in [0.05, 0.1) is 0 Å². The predicted molar refractivity (Wildman–Crippen MR) is 28.5 cm³/mol. The molecule has 0 aromatic heterocycles. The molecule has 0 aliphatic rings. The summed E-state index contributed by atoms with van der Waals surface area (Å²) in [5, 5.41) is 0. The first-order chi connectivity index (χ1) is 1.00. The zero-order valence-electron chi connectivity index (χ0n) is 1.62. The molecule has 0 saturated carbocycles. The molecule has 0 bridgehead atoms. The second-order valence-electron chi connectivity index (χ2n) is 0. The fraction of sp³-hybridized carbons (Fsp3) is 0. The van der Waals surface area contributed by atoms with Crippen LogP contribution in [0.3, 0.4) is 0 Å². The number of hydrogen-bond acceptors (Lipinski definition) is 1. The Labute approximate surface area is 98.6 Å². The van der Waals surface area contributed by atoms with E-state index in [1.54, 1.807) is 0 Å². The molecule has 0 spiro atoms. The summed E-state index contributed by atoms with van der Waals surface area (Å²) < 4.78 is 8.28. The van der Waals surface area contributed by atoms with Crippen LogP contribution in [0, 0.1) is 0 Å². The van der Waals surface area contributed by atoms with Crippen molar-refractivity contribution in [3.63, 3.8) is 0 Å². The second-order valence-corrected chi connectivity index (χ2v) is 0. The molecule has 0 rings (SSSR count). The van der Waals surface area contributed by atoms with Gasteiger partial charge in [-0.15, -0.1) is 0 Å². The van der Waals surface area contributed by atoms with E-state index in [1.165, 1.54) is 0 Å². The van der Waals surface area contributed by atoms with Gasteiger partial charge in [-0.05, 0) is 0 Å². The summed E-state index contributed by atoms with van der Waals surface area (Å²) in [4.78, 5) is 0. The first kappa shape index (κ1) is 24.9. The van der Waals surface area contributed by atoms with Crippen LogP contribution in [0.4, 0.5) is 0 Å². The van der Waals surface area contributed by atoms with E-state index >= 15 is 0 Å². The molecule has 0 heterocycles. The molecule has 2 nitrogen and oxygen atoms in total. The monoisotopic (exact) mass is 146 g/mol. The number of rotatable bonds is 0. The normalized spacial score (nSPS) is 0.600. The quantitative estimate of drug-likeness (QED) is 0.328. The van der Waals surface area contributed by atoms with Gasteiger partial charge in [-0.25, -0.2) is 0 Å². The van der Waals surface area contributed by atoms with E-state index in [4.69, 9.17) is 3.80 Å². The minimum atomic E-state index is 0. The van der Waals surface area contributed by atoms with Crippen LogP contribution in [0.15, 0.2) is 0 Å². The Morgan fingerprint density at radius 3 is 1.00 bits per heavy atom. The Hall–Kier alpha value is 2.81. The molecule has 0 atom stereocenters. The SMILES string of the molecule is O.[CaH2].[CaH2].[O]=[AlH]. The van der Waals surface area contributed by atoms with Gasteiger partial charge in [0, 0.05) is 0 Å². The molecule has 5 heteroatoms. The number of hydrogen-bond donors (Lipinski definition) is 0. The van der Waals surface area contributed by atoms with Crippen LogP contribution < -0.4 is 0 Å². The van der Waals surface area contributed by atoms with Crippen LogP contribution in [-0.2, 0) is 3.80 Å². The van der Waals surface area contributed by atoms with Crippen molar-refractivity contribution >= 4 is 91.7 Å². The second kappa shape index (κ2) is 29.1. The Balaban J connectivity index is -0.00000000167. The van der Waals surface area contributed by atoms with Crippen molar-refractivity contribution in [2.75, 3.05) is 0 Å². The van der Waals surface area contributed by atoms with E-state index in [1.807, 2.05) is 0 Å². The molecule has 0 fully saturated rings. The van der Waals surface area contributed by atoms with Gasteiger partial charge in [0.1, 0.15) is 0 Å². The first-order valence-corrected chi connectivity index (χ1v) is 0.866. The van der Waals surface area contributed by atoms with Crippen LogP contribution in [0.25, 0.3) is 0 Å². The van der Waals surface area contributed by atoms with Gasteiger partial charge < -0.3 is 5.48 Å². The summed E-state index contributed by atoms with van der Waals surface area (Å²) in [6.07, 6.45) is 0. The summed E-state index contributed by atoms with van der Waals surface area (Å²) in [6, 6.07) is 0. The molecule has 2 N–H and O–H groups in total. The van der Waals surface area contributed by atoms with Gasteiger partial charge in [-0.3, -0.25) is 0 Å². The molecule has 0 aliphatic carbocycles. The summed E-state index contributed by atoms with van der Waals surface area (Å²) in [5.41, 5.74) is 0. The van der Waals surface area contributed by atoms with E-state index in [2.05, 4.69) is 0 Å². The first-order valence-electron chi connectivity index (χ1n) is 0.289. The van der Waals surface area contributed by atoms with Crippen molar-refractivity contribution in [2.45, 2.75) is 0 Å². The van der Waals surface area contributed by atoms with Crippen LogP contribution in [0.5, 0.6) is 0 Å². The minimum absolute atomic E-state index is 0. The predicted octanol–water partition coefficient (Wildman–Crippen LogP) is -3.42. The molecule has 0 aromatic carbocycles. The maximum atomic E-state index is 8.28. The average Bonchev–Trinajstić information content (AvgIpc) is 1.00. The average molecular weight is 146 g/mol. The van der Waals surface area contributed by atoms with Crippen molar-refractivity contribution in [2.24, 2.45) is 0 Å². The van der Waals surface area contributed by atoms with Crippen LogP contribution in [0.2, 0.25) is 0 Å². The Bertz CT molecular complexity index is 7.61. The van der Waals surface area contributed by atoms with Gasteiger partial charge in [-0.2, -0.15) is 0 Å². The van der Waals surface area contributed by atoms with Crippen molar-refractivity contribution in [3.8, 4) is 0 Å². The van der Waals surface area contributed by atoms with E-state index in [-0.39, 0.29) is 81.0 Å². The molecule has 0 saturated heterocycles. The molecular weight excluding hydrogens is 139 g/mol. The van der Waals surface area contributed by atoms with E-state index in [0.717, 1.165) is 0 Å². The maximum absolute atomic E-state index is 8.28. The van der Waals surface area contributed by atoms with Crippen LogP contribution in [0.1, 0.15) is 0 Å². The van der Waals surface area contributed by atoms with Crippen LogP contribution >= 0.6 is 0 Å². The third-order valence-corrected chi connectivity index (χ3v) is 0. The van der Waals surface area contributed by atoms with Gasteiger partial charge in [0.25, 0.3) is 0 Å². The fourth-order valence-electron chi connectivity index (χ4n) is 0. The summed E-state index contributed by atoms with van der Waals surface area (Å²) >= 11 is 0.611. The summed E-state index contributed by atoms with van der Waals surface area (Å²) in [5.74, 6) is 0. The molecule has 5 heavy (non-hydrogen) atoms. The molecule has 0 radical (unpaired) electrons. The Kier molecular flexibility index (Phi) is 145. The third-order valence-electron chi connectivity index (χ3n) is 0. The molecule has 0 aliphatic heterocycles. The van der Waals surface area contributed by atoms with Crippen molar-refractivity contribution in [3.05, 3.63) is 0 Å². The van der Waals surface area contributed by atoms with Gasteiger partial charge in [-0.1, -0.05) is 0 Å². The van der Waals surface area contributed by atoms with E-state index in [9.17, 15) is 0 Å².